The molecule has 2 aromatic heterocycles. The van der Waals surface area contributed by atoms with Crippen molar-refractivity contribution in [2.75, 3.05) is 0 Å². The van der Waals surface area contributed by atoms with Crippen LogP contribution >= 0.6 is 12.2 Å². The molecule has 68 valence electrons. The van der Waals surface area contributed by atoms with Crippen molar-refractivity contribution in [1.82, 2.24) is 14.6 Å². The first-order valence-electron chi connectivity index (χ1n) is 3.72. The van der Waals surface area contributed by atoms with Gasteiger partial charge in [-0.3, -0.25) is 9.78 Å². The lowest BCUT2D eigenvalue weighted by Crippen LogP contribution is -1.93. The summed E-state index contributed by atoms with van der Waals surface area (Å²) < 4.78 is 1.54. The summed E-state index contributed by atoms with van der Waals surface area (Å²) >= 11 is 4.34. The molecule has 0 atom stereocenters. The highest BCUT2D eigenvalue weighted by Gasteiger charge is 2.10. The van der Waals surface area contributed by atoms with Gasteiger partial charge in [0.2, 0.25) is 0 Å². The molecular weight excluding hydrogens is 200 g/mol. The largest absolute Gasteiger partial charge is 0.289 e. The highest BCUT2D eigenvalue weighted by molar-refractivity contribution is 7.78. The summed E-state index contributed by atoms with van der Waals surface area (Å²) in [5.41, 5.74) is 0.974. The number of hydrogen-bond donors (Lipinski definition) is 0. The standard InChI is InChI=1S/C8H4N4OS/c13-8(10-5-14)6-3-11-12-2-1-9-4-7(6)12/h1-4H. The summed E-state index contributed by atoms with van der Waals surface area (Å²) in [6.45, 7) is 0. The van der Waals surface area contributed by atoms with Crippen LogP contribution in [0.4, 0.5) is 0 Å². The van der Waals surface area contributed by atoms with Crippen molar-refractivity contribution in [1.29, 1.82) is 0 Å². The zero-order valence-corrected chi connectivity index (χ0v) is 7.73. The molecule has 0 fully saturated rings. The first kappa shape index (κ1) is 8.68. The topological polar surface area (TPSA) is 59.6 Å². The maximum Gasteiger partial charge on any atom is 0.289 e. The minimum atomic E-state index is -0.456. The normalized spacial score (nSPS) is 9.71. The lowest BCUT2D eigenvalue weighted by molar-refractivity contribution is 0.101. The number of amides is 1. The van der Waals surface area contributed by atoms with E-state index in [2.05, 4.69) is 27.3 Å². The average Bonchev–Trinajstić information content (AvgIpc) is 2.61. The van der Waals surface area contributed by atoms with Crippen LogP contribution in [0, 0.1) is 0 Å². The SMILES string of the molecule is O=C(N=C=S)c1cnn2ccncc12. The van der Waals surface area contributed by atoms with Gasteiger partial charge in [0.1, 0.15) is 0 Å². The second-order valence-corrected chi connectivity index (χ2v) is 2.66. The number of hydrogen-bond acceptors (Lipinski definition) is 4. The second kappa shape index (κ2) is 3.45. The smallest absolute Gasteiger partial charge is 0.266 e. The summed E-state index contributed by atoms with van der Waals surface area (Å²) in [7, 11) is 0. The first-order valence-corrected chi connectivity index (χ1v) is 4.13. The van der Waals surface area contributed by atoms with Gasteiger partial charge in [-0.2, -0.15) is 10.1 Å². The molecule has 0 aromatic carbocycles. The van der Waals surface area contributed by atoms with Crippen LogP contribution in [0.25, 0.3) is 5.52 Å². The Morgan fingerprint density at radius 2 is 2.43 bits per heavy atom. The highest BCUT2D eigenvalue weighted by Crippen LogP contribution is 2.09. The highest BCUT2D eigenvalue weighted by atomic mass is 32.1. The third kappa shape index (κ3) is 1.32. The van der Waals surface area contributed by atoms with Gasteiger partial charge in [-0.05, 0) is 12.2 Å². The third-order valence-electron chi connectivity index (χ3n) is 1.70. The van der Waals surface area contributed by atoms with Gasteiger partial charge < -0.3 is 0 Å². The Hall–Kier alpha value is -1.91. The molecule has 0 aliphatic carbocycles. The van der Waals surface area contributed by atoms with Gasteiger partial charge in [0.05, 0.1) is 28.6 Å². The van der Waals surface area contributed by atoms with Crippen LogP contribution in [0.5, 0.6) is 0 Å². The summed E-state index contributed by atoms with van der Waals surface area (Å²) in [5, 5.41) is 5.98. The van der Waals surface area contributed by atoms with Crippen molar-refractivity contribution in [3.05, 3.63) is 30.4 Å². The molecule has 0 radical (unpaired) electrons. The monoisotopic (exact) mass is 204 g/mol. The molecule has 2 rings (SSSR count). The fraction of sp³-hybridized carbons (Fsp3) is 0. The van der Waals surface area contributed by atoms with E-state index in [0.29, 0.717) is 11.1 Å². The van der Waals surface area contributed by atoms with Crippen molar-refractivity contribution in [2.24, 2.45) is 4.99 Å². The lowest BCUT2D eigenvalue weighted by Gasteiger charge is -1.91. The van der Waals surface area contributed by atoms with Gasteiger partial charge in [0.25, 0.3) is 5.91 Å². The van der Waals surface area contributed by atoms with Crippen LogP contribution in [0.3, 0.4) is 0 Å². The van der Waals surface area contributed by atoms with Gasteiger partial charge in [0, 0.05) is 12.4 Å². The van der Waals surface area contributed by atoms with Gasteiger partial charge in [-0.25, -0.2) is 4.52 Å². The summed E-state index contributed by atoms with van der Waals surface area (Å²) in [6.07, 6.45) is 6.19. The van der Waals surface area contributed by atoms with Crippen LogP contribution in [0.15, 0.2) is 29.8 Å². The Kier molecular flexibility index (Phi) is 2.14. The molecule has 2 heterocycles. The van der Waals surface area contributed by atoms with E-state index in [1.54, 1.807) is 23.1 Å². The van der Waals surface area contributed by atoms with Gasteiger partial charge in [-0.1, -0.05) is 0 Å². The summed E-state index contributed by atoms with van der Waals surface area (Å²) in [4.78, 5) is 18.6. The quantitative estimate of drug-likeness (QED) is 0.513. The second-order valence-electron chi connectivity index (χ2n) is 2.47. The third-order valence-corrected chi connectivity index (χ3v) is 1.79. The van der Waals surface area contributed by atoms with E-state index in [0.717, 1.165) is 0 Å². The number of carbonyl (C=O) groups excluding carboxylic acids is 1. The number of aromatic nitrogens is 3. The number of nitrogens with zero attached hydrogens (tertiary/aromatic N) is 4. The van der Waals surface area contributed by atoms with Crippen molar-refractivity contribution in [3.8, 4) is 0 Å². The zero-order valence-electron chi connectivity index (χ0n) is 6.91. The van der Waals surface area contributed by atoms with E-state index in [9.17, 15) is 4.79 Å². The number of thiocarbonyl (C=S) groups is 1. The minimum Gasteiger partial charge on any atom is -0.266 e. The Morgan fingerprint density at radius 3 is 3.21 bits per heavy atom. The first-order chi connectivity index (χ1) is 6.83. The molecule has 0 aliphatic rings. The average molecular weight is 204 g/mol. The molecule has 2 aromatic rings. The molecule has 0 saturated heterocycles. The zero-order chi connectivity index (χ0) is 9.97. The lowest BCUT2D eigenvalue weighted by atomic mass is 10.3. The Bertz CT molecular complexity index is 541. The van der Waals surface area contributed by atoms with E-state index in [1.165, 1.54) is 6.20 Å². The molecular formula is C8H4N4OS. The molecule has 0 saturated carbocycles. The van der Waals surface area contributed by atoms with E-state index in [1.807, 2.05) is 5.16 Å². The fourth-order valence-electron chi connectivity index (χ4n) is 1.10. The predicted octanol–water partition coefficient (Wildman–Crippen LogP) is 0.972. The van der Waals surface area contributed by atoms with Gasteiger partial charge in [-0.15, -0.1) is 0 Å². The van der Waals surface area contributed by atoms with Crippen LogP contribution in [-0.4, -0.2) is 25.7 Å². The molecule has 0 unspecified atom stereocenters. The van der Waals surface area contributed by atoms with E-state index in [-0.39, 0.29) is 0 Å². The molecule has 14 heavy (non-hydrogen) atoms. The van der Waals surface area contributed by atoms with Crippen LogP contribution in [0.1, 0.15) is 10.4 Å². The Balaban J connectivity index is 2.64. The van der Waals surface area contributed by atoms with E-state index in [4.69, 9.17) is 0 Å². The maximum atomic E-state index is 11.3. The van der Waals surface area contributed by atoms with Crippen molar-refractivity contribution >= 4 is 28.8 Å². The predicted molar refractivity (Wildman–Crippen MR) is 52.3 cm³/mol. The summed E-state index contributed by atoms with van der Waals surface area (Å²) in [5.74, 6) is -0.456. The number of isothiocyanates is 1. The van der Waals surface area contributed by atoms with E-state index < -0.39 is 5.91 Å². The minimum absolute atomic E-state index is 0.371. The van der Waals surface area contributed by atoms with Crippen LogP contribution in [-0.2, 0) is 0 Å². The molecule has 0 spiro atoms. The molecule has 6 heteroatoms. The van der Waals surface area contributed by atoms with Crippen molar-refractivity contribution in [2.45, 2.75) is 0 Å². The molecule has 0 N–H and O–H groups in total. The number of aliphatic imine (C=N–C) groups is 1. The maximum absolute atomic E-state index is 11.3. The Morgan fingerprint density at radius 1 is 1.57 bits per heavy atom. The molecule has 5 nitrogen and oxygen atoms in total. The summed E-state index contributed by atoms with van der Waals surface area (Å²) in [6, 6.07) is 0. The molecule has 1 amide bonds. The van der Waals surface area contributed by atoms with Crippen LogP contribution < -0.4 is 0 Å². The van der Waals surface area contributed by atoms with Gasteiger partial charge >= 0.3 is 0 Å². The number of fused-ring (bicyclic) bond motifs is 1. The fourth-order valence-corrected chi connectivity index (χ4v) is 1.18. The van der Waals surface area contributed by atoms with Crippen molar-refractivity contribution < 1.29 is 4.79 Å². The Labute approximate surface area is 84.1 Å². The number of carbonyl (C=O) groups is 1. The van der Waals surface area contributed by atoms with E-state index >= 15 is 0 Å². The molecule has 0 aliphatic heterocycles. The van der Waals surface area contributed by atoms with Crippen molar-refractivity contribution in [3.63, 3.8) is 0 Å². The van der Waals surface area contributed by atoms with Gasteiger partial charge in [0.15, 0.2) is 0 Å². The van der Waals surface area contributed by atoms with Crippen LogP contribution in [0.2, 0.25) is 0 Å². The molecule has 0 bridgehead atoms. The number of rotatable bonds is 1.